The molecule has 0 atom stereocenters. The van der Waals surface area contributed by atoms with Crippen molar-refractivity contribution in [2.45, 2.75) is 6.42 Å². The van der Waals surface area contributed by atoms with E-state index in [1.165, 1.54) is 25.2 Å². The number of benzene rings is 1. The number of aromatic nitrogens is 1. The molecule has 3 rings (SSSR count). The Balaban J connectivity index is 1.73. The largest absolute Gasteiger partial charge is 0.408 e. The average molecular weight is 259 g/mol. The Hall–Kier alpha value is -1.75. The summed E-state index contributed by atoms with van der Waals surface area (Å²) in [6.45, 7) is 2.35. The molecule has 1 aromatic heterocycles. The predicted octanol–water partition coefficient (Wildman–Crippen LogP) is 3.20. The van der Waals surface area contributed by atoms with Gasteiger partial charge in [-0.25, -0.2) is 4.57 Å². The van der Waals surface area contributed by atoms with Crippen LogP contribution in [0, 0.1) is 0 Å². The van der Waals surface area contributed by atoms with Crippen molar-refractivity contribution < 1.29 is 4.57 Å². The summed E-state index contributed by atoms with van der Waals surface area (Å²) in [6, 6.07) is 8.26. The molecule has 2 heterocycles. The topological polar surface area (TPSA) is 31.8 Å². The van der Waals surface area contributed by atoms with Gasteiger partial charge in [0.05, 0.1) is 12.2 Å². The van der Waals surface area contributed by atoms with E-state index < -0.39 is 0 Å². The highest BCUT2D eigenvalue weighted by molar-refractivity contribution is 7.12. The maximum atomic E-state index is 4.25. The normalized spacial score (nSPS) is 15.1. The van der Waals surface area contributed by atoms with E-state index in [2.05, 4.69) is 27.3 Å². The average Bonchev–Trinajstić information content (AvgIpc) is 2.72. The molecular weight excluding hydrogens is 244 g/mol. The number of azo groups is 1. The SMILES string of the molecule is C[n+]1ccsc1N=Nc1ccc(N2CCC2)cc1. The Kier molecular flexibility index (Phi) is 3.06. The van der Waals surface area contributed by atoms with E-state index in [0.29, 0.717) is 0 Å². The van der Waals surface area contributed by atoms with Crippen LogP contribution in [0.5, 0.6) is 0 Å². The zero-order valence-electron chi connectivity index (χ0n) is 10.3. The summed E-state index contributed by atoms with van der Waals surface area (Å²) in [4.78, 5) is 2.36. The third kappa shape index (κ3) is 2.26. The molecule has 5 heteroatoms. The second-order valence-electron chi connectivity index (χ2n) is 4.35. The van der Waals surface area contributed by atoms with E-state index in [1.807, 2.05) is 35.3 Å². The molecule has 0 radical (unpaired) electrons. The molecule has 0 N–H and O–H groups in total. The van der Waals surface area contributed by atoms with Crippen molar-refractivity contribution in [2.75, 3.05) is 18.0 Å². The molecule has 92 valence electrons. The molecule has 18 heavy (non-hydrogen) atoms. The fourth-order valence-corrected chi connectivity index (χ4v) is 2.51. The van der Waals surface area contributed by atoms with Crippen LogP contribution in [-0.4, -0.2) is 13.1 Å². The Labute approximate surface area is 110 Å². The third-order valence-corrected chi connectivity index (χ3v) is 3.92. The summed E-state index contributed by atoms with van der Waals surface area (Å²) in [5.41, 5.74) is 2.18. The summed E-state index contributed by atoms with van der Waals surface area (Å²) in [5, 5.41) is 11.4. The maximum Gasteiger partial charge on any atom is 0.408 e. The minimum atomic E-state index is 0.896. The predicted molar refractivity (Wildman–Crippen MR) is 72.9 cm³/mol. The van der Waals surface area contributed by atoms with Crippen LogP contribution in [0.4, 0.5) is 16.5 Å². The van der Waals surface area contributed by atoms with Gasteiger partial charge in [0.1, 0.15) is 11.9 Å². The Bertz CT molecular complexity index is 555. The second kappa shape index (κ2) is 4.86. The van der Waals surface area contributed by atoms with E-state index in [9.17, 15) is 0 Å². The zero-order valence-corrected chi connectivity index (χ0v) is 11.1. The molecule has 1 aliphatic heterocycles. The number of aryl methyl sites for hydroxylation is 1. The Morgan fingerprint density at radius 2 is 1.94 bits per heavy atom. The highest BCUT2D eigenvalue weighted by Crippen LogP contribution is 2.24. The van der Waals surface area contributed by atoms with E-state index in [-0.39, 0.29) is 0 Å². The second-order valence-corrected chi connectivity index (χ2v) is 5.23. The van der Waals surface area contributed by atoms with Crippen molar-refractivity contribution in [3.63, 3.8) is 0 Å². The molecule has 1 fully saturated rings. The first kappa shape index (κ1) is 11.3. The van der Waals surface area contributed by atoms with Crippen LogP contribution in [0.3, 0.4) is 0 Å². The van der Waals surface area contributed by atoms with Gasteiger partial charge in [0.15, 0.2) is 0 Å². The molecule has 0 amide bonds. The van der Waals surface area contributed by atoms with Gasteiger partial charge in [-0.2, -0.15) is 0 Å². The summed E-state index contributed by atoms with van der Waals surface area (Å²) >= 11 is 1.58. The first-order chi connectivity index (χ1) is 8.83. The van der Waals surface area contributed by atoms with Gasteiger partial charge in [-0.15, -0.1) is 0 Å². The minimum absolute atomic E-state index is 0.896. The van der Waals surface area contributed by atoms with Gasteiger partial charge in [-0.05, 0) is 47.1 Å². The molecule has 1 saturated heterocycles. The summed E-state index contributed by atoms with van der Waals surface area (Å²) in [5.74, 6) is 0. The molecular formula is C13H15N4S+. The number of thiazole rings is 1. The van der Waals surface area contributed by atoms with E-state index in [0.717, 1.165) is 10.8 Å². The van der Waals surface area contributed by atoms with E-state index >= 15 is 0 Å². The number of hydrogen-bond donors (Lipinski definition) is 0. The van der Waals surface area contributed by atoms with Crippen LogP contribution >= 0.6 is 11.3 Å². The van der Waals surface area contributed by atoms with Crippen molar-refractivity contribution >= 4 is 27.8 Å². The lowest BCUT2D eigenvalue weighted by molar-refractivity contribution is -0.654. The standard InChI is InChI=1S/C13H15N4S/c1-16-9-10-18-13(16)15-14-11-3-5-12(6-4-11)17-7-2-8-17/h3-6,9-10H,2,7-8H2,1H3/q+1. The van der Waals surface area contributed by atoms with Gasteiger partial charge in [-0.1, -0.05) is 0 Å². The molecule has 1 aromatic carbocycles. The van der Waals surface area contributed by atoms with Crippen LogP contribution in [0.25, 0.3) is 0 Å². The fraction of sp³-hybridized carbons (Fsp3) is 0.308. The molecule has 2 aromatic rings. The van der Waals surface area contributed by atoms with Gasteiger partial charge in [0, 0.05) is 24.2 Å². The zero-order chi connectivity index (χ0) is 12.4. The van der Waals surface area contributed by atoms with Crippen LogP contribution in [0.1, 0.15) is 6.42 Å². The van der Waals surface area contributed by atoms with Crippen molar-refractivity contribution in [3.8, 4) is 0 Å². The Morgan fingerprint density at radius 1 is 1.17 bits per heavy atom. The summed E-state index contributed by atoms with van der Waals surface area (Å²) < 4.78 is 1.96. The lowest BCUT2D eigenvalue weighted by Gasteiger charge is -2.33. The van der Waals surface area contributed by atoms with Crippen molar-refractivity contribution in [1.82, 2.24) is 0 Å². The smallest absolute Gasteiger partial charge is 0.371 e. The van der Waals surface area contributed by atoms with E-state index in [4.69, 9.17) is 0 Å². The third-order valence-electron chi connectivity index (χ3n) is 3.08. The monoisotopic (exact) mass is 259 g/mol. The summed E-state index contributed by atoms with van der Waals surface area (Å²) in [7, 11) is 1.97. The van der Waals surface area contributed by atoms with Crippen molar-refractivity contribution in [1.29, 1.82) is 0 Å². The first-order valence-corrected chi connectivity index (χ1v) is 6.91. The first-order valence-electron chi connectivity index (χ1n) is 6.03. The molecule has 0 bridgehead atoms. The van der Waals surface area contributed by atoms with Gasteiger partial charge < -0.3 is 4.90 Å². The number of hydrogen-bond acceptors (Lipinski definition) is 4. The molecule has 0 saturated carbocycles. The van der Waals surface area contributed by atoms with Gasteiger partial charge in [0.2, 0.25) is 0 Å². The lowest BCUT2D eigenvalue weighted by Crippen LogP contribution is -2.36. The fourth-order valence-electron chi connectivity index (χ4n) is 1.83. The van der Waals surface area contributed by atoms with Crippen LogP contribution in [-0.2, 0) is 7.05 Å². The molecule has 4 nitrogen and oxygen atoms in total. The Morgan fingerprint density at radius 3 is 2.50 bits per heavy atom. The van der Waals surface area contributed by atoms with E-state index in [1.54, 1.807) is 11.3 Å². The number of nitrogens with zero attached hydrogens (tertiary/aromatic N) is 4. The van der Waals surface area contributed by atoms with Gasteiger partial charge in [0.25, 0.3) is 0 Å². The molecule has 0 unspecified atom stereocenters. The van der Waals surface area contributed by atoms with Crippen LogP contribution in [0.15, 0.2) is 46.1 Å². The summed E-state index contributed by atoms with van der Waals surface area (Å²) in [6.07, 6.45) is 3.28. The van der Waals surface area contributed by atoms with Crippen LogP contribution in [0.2, 0.25) is 0 Å². The van der Waals surface area contributed by atoms with Crippen molar-refractivity contribution in [2.24, 2.45) is 17.3 Å². The molecule has 0 spiro atoms. The quantitative estimate of drug-likeness (QED) is 0.615. The highest BCUT2D eigenvalue weighted by atomic mass is 32.1. The maximum absolute atomic E-state index is 4.25. The van der Waals surface area contributed by atoms with Crippen LogP contribution < -0.4 is 9.47 Å². The van der Waals surface area contributed by atoms with Gasteiger partial charge in [-0.3, -0.25) is 0 Å². The molecule has 1 aliphatic rings. The minimum Gasteiger partial charge on any atom is -0.371 e. The highest BCUT2D eigenvalue weighted by Gasteiger charge is 2.14. The van der Waals surface area contributed by atoms with Crippen molar-refractivity contribution in [3.05, 3.63) is 35.8 Å². The van der Waals surface area contributed by atoms with Gasteiger partial charge >= 0.3 is 5.13 Å². The number of rotatable bonds is 3. The number of anilines is 1. The molecule has 0 aliphatic carbocycles. The lowest BCUT2D eigenvalue weighted by atomic mass is 10.2.